The van der Waals surface area contributed by atoms with E-state index in [0.29, 0.717) is 4.88 Å². The van der Waals surface area contributed by atoms with E-state index in [-0.39, 0.29) is 5.91 Å². The van der Waals surface area contributed by atoms with Gasteiger partial charge in [-0.15, -0.1) is 11.3 Å². The highest BCUT2D eigenvalue weighted by Crippen LogP contribution is 2.28. The van der Waals surface area contributed by atoms with Gasteiger partial charge in [0.25, 0.3) is 5.91 Å². The minimum absolute atomic E-state index is 0.326. The lowest BCUT2D eigenvalue weighted by Crippen LogP contribution is -2.43. The summed E-state index contributed by atoms with van der Waals surface area (Å²) in [7, 11) is 1.23. The van der Waals surface area contributed by atoms with Crippen molar-refractivity contribution in [3.8, 4) is 0 Å². The molecule has 2 N–H and O–H groups in total. The van der Waals surface area contributed by atoms with E-state index in [1.165, 1.54) is 35.3 Å². The number of carbonyl (C=O) groups excluding carboxylic acids is 2. The average Bonchev–Trinajstić information content (AvgIpc) is 2.75. The van der Waals surface area contributed by atoms with Crippen molar-refractivity contribution < 1.29 is 19.4 Å². The molecule has 110 valence electrons. The van der Waals surface area contributed by atoms with E-state index < -0.39 is 18.6 Å². The molecule has 6 heteroatoms. The molecule has 0 aromatic carbocycles. The summed E-state index contributed by atoms with van der Waals surface area (Å²) < 4.78 is 4.53. The van der Waals surface area contributed by atoms with E-state index in [1.807, 2.05) is 6.07 Å². The average molecular weight is 297 g/mol. The number of fused-ring (bicyclic) bond motifs is 1. The number of rotatable bonds is 4. The molecule has 0 bridgehead atoms. The lowest BCUT2D eigenvalue weighted by Gasteiger charge is -2.12. The molecular formula is C14H19NO4S. The maximum Gasteiger partial charge on any atom is 0.330 e. The molecule has 1 atom stereocenters. The molecule has 1 aromatic heterocycles. The summed E-state index contributed by atoms with van der Waals surface area (Å²) in [5.41, 5.74) is 1.25. The molecule has 0 radical (unpaired) electrons. The van der Waals surface area contributed by atoms with Crippen LogP contribution in [0.4, 0.5) is 0 Å². The van der Waals surface area contributed by atoms with Gasteiger partial charge in [0.1, 0.15) is 0 Å². The Balaban J connectivity index is 2.07. The summed E-state index contributed by atoms with van der Waals surface area (Å²) >= 11 is 1.48. The van der Waals surface area contributed by atoms with Crippen LogP contribution >= 0.6 is 11.3 Å². The van der Waals surface area contributed by atoms with Crippen molar-refractivity contribution in [2.75, 3.05) is 13.7 Å². The summed E-state index contributed by atoms with van der Waals surface area (Å²) in [5, 5.41) is 11.6. The molecule has 0 unspecified atom stereocenters. The first-order valence-electron chi connectivity index (χ1n) is 6.77. The minimum Gasteiger partial charge on any atom is -0.467 e. The zero-order valence-electron chi connectivity index (χ0n) is 11.5. The number of ether oxygens (including phenoxy) is 1. The van der Waals surface area contributed by atoms with Crippen LogP contribution in [0.1, 0.15) is 39.4 Å². The predicted molar refractivity (Wildman–Crippen MR) is 75.9 cm³/mol. The summed E-state index contributed by atoms with van der Waals surface area (Å²) in [4.78, 5) is 25.3. The number of aliphatic hydroxyl groups excluding tert-OH is 1. The molecule has 2 rings (SSSR count). The third-order valence-corrected chi connectivity index (χ3v) is 4.68. The second-order valence-electron chi connectivity index (χ2n) is 4.85. The molecule has 0 fully saturated rings. The summed E-state index contributed by atoms with van der Waals surface area (Å²) in [6.45, 7) is -0.469. The molecule has 5 nitrogen and oxygen atoms in total. The Hall–Kier alpha value is -1.40. The van der Waals surface area contributed by atoms with E-state index in [9.17, 15) is 9.59 Å². The molecule has 1 heterocycles. The number of esters is 1. The first-order valence-corrected chi connectivity index (χ1v) is 7.58. The Kier molecular flexibility index (Phi) is 5.14. The van der Waals surface area contributed by atoms with Crippen LogP contribution in [0.2, 0.25) is 0 Å². The Morgan fingerprint density at radius 2 is 2.15 bits per heavy atom. The van der Waals surface area contributed by atoms with Crippen LogP contribution in [-0.2, 0) is 22.4 Å². The van der Waals surface area contributed by atoms with Crippen molar-refractivity contribution in [2.24, 2.45) is 0 Å². The van der Waals surface area contributed by atoms with Gasteiger partial charge in [-0.1, -0.05) is 6.42 Å². The Labute approximate surface area is 121 Å². The highest BCUT2D eigenvalue weighted by atomic mass is 32.1. The van der Waals surface area contributed by atoms with Gasteiger partial charge < -0.3 is 15.2 Å². The molecule has 0 aliphatic heterocycles. The number of amides is 1. The predicted octanol–water partition coefficient (Wildman–Crippen LogP) is 1.28. The van der Waals surface area contributed by atoms with Crippen LogP contribution in [0.3, 0.4) is 0 Å². The molecule has 20 heavy (non-hydrogen) atoms. The minimum atomic E-state index is -1.01. The van der Waals surface area contributed by atoms with Crippen molar-refractivity contribution in [1.29, 1.82) is 0 Å². The zero-order chi connectivity index (χ0) is 14.5. The molecule has 1 aliphatic carbocycles. The summed E-state index contributed by atoms with van der Waals surface area (Å²) in [6, 6.07) is 0.904. The number of nitrogens with one attached hydrogen (secondary N) is 1. The van der Waals surface area contributed by atoms with E-state index in [2.05, 4.69) is 10.1 Å². The largest absolute Gasteiger partial charge is 0.467 e. The molecule has 0 spiro atoms. The van der Waals surface area contributed by atoms with Gasteiger partial charge in [-0.2, -0.15) is 0 Å². The monoisotopic (exact) mass is 297 g/mol. The number of methoxy groups -OCH3 is 1. The summed E-state index contributed by atoms with van der Waals surface area (Å²) in [5.74, 6) is -0.966. The SMILES string of the molecule is COC(=O)[C@@H](CO)NC(=O)c1cc2c(s1)CCCCC2. The number of thiophene rings is 1. The van der Waals surface area contributed by atoms with E-state index >= 15 is 0 Å². The van der Waals surface area contributed by atoms with Gasteiger partial charge in [0.05, 0.1) is 18.6 Å². The highest BCUT2D eigenvalue weighted by Gasteiger charge is 2.23. The fraction of sp³-hybridized carbons (Fsp3) is 0.571. The van der Waals surface area contributed by atoms with Gasteiger partial charge >= 0.3 is 5.97 Å². The van der Waals surface area contributed by atoms with Crippen LogP contribution in [0, 0.1) is 0 Å². The zero-order valence-corrected chi connectivity index (χ0v) is 12.3. The fourth-order valence-corrected chi connectivity index (χ4v) is 3.49. The van der Waals surface area contributed by atoms with Gasteiger partial charge in [0.2, 0.25) is 0 Å². The van der Waals surface area contributed by atoms with Crippen LogP contribution < -0.4 is 5.32 Å². The molecule has 0 saturated carbocycles. The Morgan fingerprint density at radius 3 is 2.85 bits per heavy atom. The van der Waals surface area contributed by atoms with Crippen molar-refractivity contribution >= 4 is 23.2 Å². The maximum atomic E-state index is 12.1. The second kappa shape index (κ2) is 6.85. The number of aliphatic hydroxyl groups is 1. The molecule has 1 aromatic rings. The van der Waals surface area contributed by atoms with E-state index in [1.54, 1.807) is 0 Å². The van der Waals surface area contributed by atoms with Crippen molar-refractivity contribution in [2.45, 2.75) is 38.1 Å². The van der Waals surface area contributed by atoms with Gasteiger partial charge in [-0.25, -0.2) is 4.79 Å². The Morgan fingerprint density at radius 1 is 1.40 bits per heavy atom. The van der Waals surface area contributed by atoms with E-state index in [0.717, 1.165) is 25.7 Å². The van der Waals surface area contributed by atoms with Crippen LogP contribution in [0.15, 0.2) is 6.07 Å². The van der Waals surface area contributed by atoms with Crippen LogP contribution in [0.25, 0.3) is 0 Å². The molecular weight excluding hydrogens is 278 g/mol. The van der Waals surface area contributed by atoms with Gasteiger partial charge in [-0.3, -0.25) is 4.79 Å². The number of hydrogen-bond acceptors (Lipinski definition) is 5. The normalized spacial score (nSPS) is 15.9. The topological polar surface area (TPSA) is 75.6 Å². The molecule has 0 saturated heterocycles. The highest BCUT2D eigenvalue weighted by molar-refractivity contribution is 7.14. The molecule has 1 amide bonds. The second-order valence-corrected chi connectivity index (χ2v) is 5.99. The fourth-order valence-electron chi connectivity index (χ4n) is 2.33. The standard InChI is InChI=1S/C14H19NO4S/c1-19-14(18)10(8-16)15-13(17)12-7-9-5-3-2-4-6-11(9)20-12/h7,10,16H,2-6,8H2,1H3,(H,15,17)/t10-/m1/s1. The lowest BCUT2D eigenvalue weighted by atomic mass is 10.1. The third kappa shape index (κ3) is 3.37. The van der Waals surface area contributed by atoms with Gasteiger partial charge in [0.15, 0.2) is 6.04 Å². The lowest BCUT2D eigenvalue weighted by molar-refractivity contribution is -0.143. The number of aryl methyl sites for hydroxylation is 2. The number of hydrogen-bond donors (Lipinski definition) is 2. The summed E-state index contributed by atoms with van der Waals surface area (Å²) in [6.07, 6.45) is 5.59. The van der Waals surface area contributed by atoms with Gasteiger partial charge in [-0.05, 0) is 37.3 Å². The first kappa shape index (κ1) is 15.0. The maximum absolute atomic E-state index is 12.1. The molecule has 1 aliphatic rings. The smallest absolute Gasteiger partial charge is 0.330 e. The Bertz CT molecular complexity index is 474. The van der Waals surface area contributed by atoms with E-state index in [4.69, 9.17) is 5.11 Å². The third-order valence-electron chi connectivity index (χ3n) is 3.44. The van der Waals surface area contributed by atoms with Crippen LogP contribution in [-0.4, -0.2) is 36.7 Å². The van der Waals surface area contributed by atoms with Crippen molar-refractivity contribution in [3.05, 3.63) is 21.4 Å². The van der Waals surface area contributed by atoms with Crippen molar-refractivity contribution in [3.63, 3.8) is 0 Å². The van der Waals surface area contributed by atoms with Crippen LogP contribution in [0.5, 0.6) is 0 Å². The quantitative estimate of drug-likeness (QED) is 0.648. The first-order chi connectivity index (χ1) is 9.65. The van der Waals surface area contributed by atoms with Gasteiger partial charge in [0, 0.05) is 4.88 Å². The number of carbonyl (C=O) groups is 2. The van der Waals surface area contributed by atoms with Crippen molar-refractivity contribution in [1.82, 2.24) is 5.32 Å².